The quantitative estimate of drug-likeness (QED) is 0.388. The Bertz CT molecular complexity index is 1020. The van der Waals surface area contributed by atoms with Crippen LogP contribution in [0.15, 0.2) is 54.7 Å². The zero-order valence-electron chi connectivity index (χ0n) is 20.0. The largest absolute Gasteiger partial charge is 0.507 e. The summed E-state index contributed by atoms with van der Waals surface area (Å²) >= 11 is 0. The molecule has 3 aliphatic rings. The second kappa shape index (κ2) is 10.7. The van der Waals surface area contributed by atoms with E-state index in [1.54, 1.807) is 30.3 Å². The van der Waals surface area contributed by atoms with Crippen molar-refractivity contribution in [2.45, 2.75) is 75.7 Å². The minimum absolute atomic E-state index is 0.0315. The number of carbonyl (C=O) groups excluding carboxylic acids is 1. The van der Waals surface area contributed by atoms with Gasteiger partial charge in [-0.25, -0.2) is 4.98 Å². The van der Waals surface area contributed by atoms with Crippen molar-refractivity contribution in [3.05, 3.63) is 60.3 Å². The lowest BCUT2D eigenvalue weighted by Gasteiger charge is -2.34. The van der Waals surface area contributed by atoms with Crippen LogP contribution in [0.5, 0.6) is 5.75 Å². The molecule has 34 heavy (non-hydrogen) atoms. The maximum absolute atomic E-state index is 12.5. The predicted octanol–water partition coefficient (Wildman–Crippen LogP) is 4.70. The highest BCUT2D eigenvalue weighted by atomic mass is 16.3. The number of hydrogen-bond acceptors (Lipinski definition) is 5. The molecule has 0 spiro atoms. The molecule has 1 aromatic carbocycles. The molecular formula is C28H35BN3O2. The standard InChI is InChI=1S/C28H35BN3O2/c33-25-13-8-7-12-24(25)26(34)16-17-31-19-23-18-22(31)20-32(23)28-15-9-14-27(30-28)29-21-10-5-3-1-2-4-6-11-21/h7-9,12-17,21-23,33H,1-6,10-11,18-20H2/b17-16+/t22-,23-/m1/s1. The number of aromatic hydroxyl groups is 1. The number of para-hydroxylation sites is 1. The van der Waals surface area contributed by atoms with Crippen LogP contribution in [0.4, 0.5) is 5.82 Å². The fourth-order valence-corrected chi connectivity index (χ4v) is 5.86. The molecule has 5 rings (SSSR count). The molecule has 0 amide bonds. The monoisotopic (exact) mass is 456 g/mol. The van der Waals surface area contributed by atoms with Gasteiger partial charge >= 0.3 is 0 Å². The number of fused-ring (bicyclic) bond motifs is 2. The first kappa shape index (κ1) is 23.0. The van der Waals surface area contributed by atoms with Gasteiger partial charge in [0, 0.05) is 37.4 Å². The van der Waals surface area contributed by atoms with Crippen molar-refractivity contribution in [3.8, 4) is 5.75 Å². The van der Waals surface area contributed by atoms with Gasteiger partial charge in [-0.05, 0) is 30.2 Å². The second-order valence-corrected chi connectivity index (χ2v) is 10.1. The SMILES string of the molecule is O=C(/C=C/N1C[C@H]2C[C@@H]1CN2c1cccc([B]C2CCCCCCCC2)n1)c1ccccc1O. The van der Waals surface area contributed by atoms with Crippen molar-refractivity contribution in [1.82, 2.24) is 9.88 Å². The van der Waals surface area contributed by atoms with Crippen LogP contribution in [-0.2, 0) is 0 Å². The Morgan fingerprint density at radius 1 is 0.941 bits per heavy atom. The minimum Gasteiger partial charge on any atom is -0.507 e. The second-order valence-electron chi connectivity index (χ2n) is 10.1. The first-order valence-corrected chi connectivity index (χ1v) is 13.0. The Balaban J connectivity index is 1.19. The minimum atomic E-state index is -0.160. The normalized spacial score (nSPS) is 23.6. The molecule has 3 heterocycles. The van der Waals surface area contributed by atoms with Gasteiger partial charge in [0.2, 0.25) is 0 Å². The highest BCUT2D eigenvalue weighted by molar-refractivity contribution is 6.53. The first-order chi connectivity index (χ1) is 16.7. The van der Waals surface area contributed by atoms with E-state index >= 15 is 0 Å². The Morgan fingerprint density at radius 3 is 2.44 bits per heavy atom. The fourth-order valence-electron chi connectivity index (χ4n) is 5.86. The summed E-state index contributed by atoms with van der Waals surface area (Å²) in [4.78, 5) is 22.2. The van der Waals surface area contributed by atoms with E-state index in [9.17, 15) is 9.90 Å². The van der Waals surface area contributed by atoms with Crippen LogP contribution in [0.25, 0.3) is 0 Å². The van der Waals surface area contributed by atoms with Gasteiger partial charge in [0.1, 0.15) is 11.6 Å². The molecule has 177 valence electrons. The molecule has 1 aromatic heterocycles. The lowest BCUT2D eigenvalue weighted by Crippen LogP contribution is -2.45. The molecule has 2 saturated heterocycles. The van der Waals surface area contributed by atoms with E-state index in [0.717, 1.165) is 30.9 Å². The van der Waals surface area contributed by atoms with E-state index in [2.05, 4.69) is 35.3 Å². The lowest BCUT2D eigenvalue weighted by molar-refractivity contribution is 0.104. The Hall–Kier alpha value is -2.76. The molecule has 0 unspecified atom stereocenters. The van der Waals surface area contributed by atoms with Crippen molar-refractivity contribution in [2.24, 2.45) is 0 Å². The van der Waals surface area contributed by atoms with E-state index in [4.69, 9.17) is 4.98 Å². The van der Waals surface area contributed by atoms with Crippen LogP contribution in [-0.4, -0.2) is 53.2 Å². The van der Waals surface area contributed by atoms with Crippen molar-refractivity contribution < 1.29 is 9.90 Å². The van der Waals surface area contributed by atoms with Crippen LogP contribution >= 0.6 is 0 Å². The Morgan fingerprint density at radius 2 is 1.71 bits per heavy atom. The number of phenols is 1. The number of pyridine rings is 1. The summed E-state index contributed by atoms with van der Waals surface area (Å²) in [5, 5.41) is 9.92. The van der Waals surface area contributed by atoms with E-state index in [-0.39, 0.29) is 11.5 Å². The maximum Gasteiger partial charge on any atom is 0.190 e. The number of rotatable bonds is 6. The molecule has 1 N–H and O–H groups in total. The molecule has 3 fully saturated rings. The number of aromatic nitrogens is 1. The van der Waals surface area contributed by atoms with Crippen LogP contribution in [0.3, 0.4) is 0 Å². The summed E-state index contributed by atoms with van der Waals surface area (Å²) in [6.07, 6.45) is 15.4. The summed E-state index contributed by atoms with van der Waals surface area (Å²) < 4.78 is 0. The number of benzene rings is 1. The number of nitrogens with zero attached hydrogens (tertiary/aromatic N) is 3. The number of allylic oxidation sites excluding steroid dienone is 1. The van der Waals surface area contributed by atoms with Gasteiger partial charge in [0.25, 0.3) is 0 Å². The molecule has 2 aliphatic heterocycles. The highest BCUT2D eigenvalue weighted by Gasteiger charge is 2.42. The van der Waals surface area contributed by atoms with E-state index < -0.39 is 0 Å². The van der Waals surface area contributed by atoms with Gasteiger partial charge < -0.3 is 14.9 Å². The lowest BCUT2D eigenvalue weighted by atomic mass is 9.58. The third kappa shape index (κ3) is 5.32. The molecule has 2 aromatic rings. The van der Waals surface area contributed by atoms with Gasteiger partial charge in [0.15, 0.2) is 13.1 Å². The molecule has 2 atom stereocenters. The van der Waals surface area contributed by atoms with Crippen molar-refractivity contribution in [2.75, 3.05) is 18.0 Å². The molecular weight excluding hydrogens is 421 g/mol. The van der Waals surface area contributed by atoms with E-state index in [0.29, 0.717) is 23.5 Å². The average Bonchev–Trinajstić information content (AvgIpc) is 3.47. The number of carbonyl (C=O) groups is 1. The molecule has 5 nitrogen and oxygen atoms in total. The van der Waals surface area contributed by atoms with Crippen molar-refractivity contribution >= 4 is 24.5 Å². The Kier molecular flexibility index (Phi) is 7.22. The van der Waals surface area contributed by atoms with Crippen molar-refractivity contribution in [1.29, 1.82) is 0 Å². The molecule has 1 radical (unpaired) electrons. The van der Waals surface area contributed by atoms with Gasteiger partial charge in [0.05, 0.1) is 5.56 Å². The third-order valence-electron chi connectivity index (χ3n) is 7.73. The fraction of sp³-hybridized carbons (Fsp3) is 0.500. The number of hydrogen-bond donors (Lipinski definition) is 1. The zero-order valence-corrected chi connectivity index (χ0v) is 20.0. The van der Waals surface area contributed by atoms with Crippen molar-refractivity contribution in [3.63, 3.8) is 0 Å². The van der Waals surface area contributed by atoms with Crippen LogP contribution < -0.4 is 10.5 Å². The van der Waals surface area contributed by atoms with Gasteiger partial charge in [-0.15, -0.1) is 0 Å². The number of phenolic OH excluding ortho intramolecular Hbond substituents is 1. The number of anilines is 1. The highest BCUT2D eigenvalue weighted by Crippen LogP contribution is 2.34. The molecule has 6 heteroatoms. The van der Waals surface area contributed by atoms with Gasteiger partial charge in [-0.1, -0.05) is 81.4 Å². The smallest absolute Gasteiger partial charge is 0.190 e. The molecule has 1 saturated carbocycles. The first-order valence-electron chi connectivity index (χ1n) is 13.0. The summed E-state index contributed by atoms with van der Waals surface area (Å²) in [5.74, 6) is 1.60. The number of ketones is 1. The van der Waals surface area contributed by atoms with Crippen LogP contribution in [0.2, 0.25) is 5.82 Å². The Labute approximate surface area is 204 Å². The maximum atomic E-state index is 12.5. The van der Waals surface area contributed by atoms with E-state index in [1.165, 1.54) is 51.4 Å². The van der Waals surface area contributed by atoms with Gasteiger partial charge in [-0.2, -0.15) is 0 Å². The van der Waals surface area contributed by atoms with Crippen LogP contribution in [0.1, 0.15) is 68.1 Å². The van der Waals surface area contributed by atoms with E-state index in [1.807, 2.05) is 6.20 Å². The molecule has 1 aliphatic carbocycles. The average molecular weight is 456 g/mol. The third-order valence-corrected chi connectivity index (χ3v) is 7.73. The summed E-state index contributed by atoms with van der Waals surface area (Å²) in [6.45, 7) is 1.83. The predicted molar refractivity (Wildman–Crippen MR) is 138 cm³/mol. The summed E-state index contributed by atoms with van der Waals surface area (Å²) in [6, 6.07) is 14.0. The number of likely N-dealkylation sites (tertiary alicyclic amines) is 1. The van der Waals surface area contributed by atoms with Gasteiger partial charge in [-0.3, -0.25) is 4.79 Å². The number of piperazine rings is 1. The summed E-state index contributed by atoms with van der Waals surface area (Å²) in [5.41, 5.74) is 1.47. The zero-order chi connectivity index (χ0) is 23.3. The topological polar surface area (TPSA) is 56.7 Å². The summed E-state index contributed by atoms with van der Waals surface area (Å²) in [7, 11) is 2.42. The van der Waals surface area contributed by atoms with Crippen LogP contribution in [0, 0.1) is 0 Å². The molecule has 2 bridgehead atoms.